The Kier molecular flexibility index (Phi) is 1.62. The maximum atomic E-state index is 11.1. The molecule has 0 unspecified atom stereocenters. The van der Waals surface area contributed by atoms with Crippen LogP contribution in [0.1, 0.15) is 0 Å². The molecule has 2 saturated heterocycles. The molecular weight excluding hydrogens is 180 g/mol. The zero-order chi connectivity index (χ0) is 8.77. The Morgan fingerprint density at radius 1 is 1.42 bits per heavy atom. The highest BCUT2D eigenvalue weighted by atomic mass is 32.2. The summed E-state index contributed by atoms with van der Waals surface area (Å²) in [6.45, 7) is 0.843. The molecule has 0 bridgehead atoms. The fourth-order valence-electron chi connectivity index (χ4n) is 1.52. The minimum absolute atomic E-state index is 0.00917. The van der Waals surface area contributed by atoms with Crippen molar-refractivity contribution in [2.75, 3.05) is 24.7 Å². The summed E-state index contributed by atoms with van der Waals surface area (Å²) in [5, 5.41) is 2.88. The lowest BCUT2D eigenvalue weighted by Gasteiger charge is -2.33. The molecule has 2 rings (SSSR count). The molecule has 6 heteroatoms. The standard InChI is InChI=1S/C6H10N2O3S/c9-6-1-7-4-8(6)5-2-12(10,11)3-5/h5,7H,1-4H2. The first kappa shape index (κ1) is 8.00. The number of amides is 1. The summed E-state index contributed by atoms with van der Waals surface area (Å²) in [6.07, 6.45) is 0. The monoisotopic (exact) mass is 190 g/mol. The van der Waals surface area contributed by atoms with Crippen LogP contribution >= 0.6 is 0 Å². The summed E-state index contributed by atoms with van der Waals surface area (Å²) >= 11 is 0. The van der Waals surface area contributed by atoms with E-state index in [-0.39, 0.29) is 23.5 Å². The van der Waals surface area contributed by atoms with Gasteiger partial charge in [0.15, 0.2) is 9.84 Å². The first-order chi connectivity index (χ1) is 5.58. The van der Waals surface area contributed by atoms with Crippen molar-refractivity contribution in [1.29, 1.82) is 0 Å². The predicted molar refractivity (Wildman–Crippen MR) is 42.2 cm³/mol. The molecule has 1 amide bonds. The number of nitrogens with one attached hydrogen (secondary N) is 1. The molecule has 2 heterocycles. The number of hydrogen-bond donors (Lipinski definition) is 1. The molecule has 5 nitrogen and oxygen atoms in total. The summed E-state index contributed by atoms with van der Waals surface area (Å²) in [5.74, 6) is 0.288. The van der Waals surface area contributed by atoms with Crippen molar-refractivity contribution in [1.82, 2.24) is 10.2 Å². The number of carbonyl (C=O) groups excluding carboxylic acids is 1. The molecule has 0 aromatic heterocycles. The maximum Gasteiger partial charge on any atom is 0.237 e. The highest BCUT2D eigenvalue weighted by Gasteiger charge is 2.40. The predicted octanol–water partition coefficient (Wildman–Crippen LogP) is -1.83. The van der Waals surface area contributed by atoms with Crippen LogP contribution in [0.25, 0.3) is 0 Å². The van der Waals surface area contributed by atoms with Crippen LogP contribution in [-0.2, 0) is 14.6 Å². The molecule has 0 spiro atoms. The lowest BCUT2D eigenvalue weighted by atomic mass is 10.3. The van der Waals surface area contributed by atoms with Crippen molar-refractivity contribution in [3.63, 3.8) is 0 Å². The van der Waals surface area contributed by atoms with Crippen molar-refractivity contribution in [2.24, 2.45) is 0 Å². The van der Waals surface area contributed by atoms with E-state index < -0.39 is 9.84 Å². The van der Waals surface area contributed by atoms with Crippen LogP contribution in [0.5, 0.6) is 0 Å². The lowest BCUT2D eigenvalue weighted by molar-refractivity contribution is -0.128. The Morgan fingerprint density at radius 3 is 2.50 bits per heavy atom. The molecule has 0 atom stereocenters. The minimum Gasteiger partial charge on any atom is -0.324 e. The van der Waals surface area contributed by atoms with Gasteiger partial charge >= 0.3 is 0 Å². The second-order valence-corrected chi connectivity index (χ2v) is 5.33. The molecule has 0 aromatic rings. The fourth-order valence-corrected chi connectivity index (χ4v) is 2.96. The number of hydrogen-bond acceptors (Lipinski definition) is 4. The molecule has 0 radical (unpaired) electrons. The molecule has 1 N–H and O–H groups in total. The SMILES string of the molecule is O=C1CNCN1C1CS(=O)(=O)C1. The van der Waals surface area contributed by atoms with Crippen LogP contribution in [-0.4, -0.2) is 50.0 Å². The molecule has 0 aliphatic carbocycles. The second kappa shape index (κ2) is 2.43. The molecule has 68 valence electrons. The molecule has 2 aliphatic heterocycles. The highest BCUT2D eigenvalue weighted by Crippen LogP contribution is 2.18. The van der Waals surface area contributed by atoms with Gasteiger partial charge in [-0.2, -0.15) is 0 Å². The average molecular weight is 190 g/mol. The maximum absolute atomic E-state index is 11.1. The van der Waals surface area contributed by atoms with Crippen LogP contribution in [0.3, 0.4) is 0 Å². The molecule has 12 heavy (non-hydrogen) atoms. The molecular formula is C6H10N2O3S. The average Bonchev–Trinajstić information content (AvgIpc) is 2.30. The van der Waals surface area contributed by atoms with E-state index in [9.17, 15) is 13.2 Å². The van der Waals surface area contributed by atoms with E-state index in [1.165, 1.54) is 0 Å². The normalized spacial score (nSPS) is 29.0. The zero-order valence-corrected chi connectivity index (χ0v) is 7.30. The summed E-state index contributed by atoms with van der Waals surface area (Å²) in [7, 11) is -2.81. The van der Waals surface area contributed by atoms with Crippen LogP contribution in [0.2, 0.25) is 0 Å². The summed E-state index contributed by atoms with van der Waals surface area (Å²) in [6, 6.07) is -0.0718. The van der Waals surface area contributed by atoms with E-state index in [4.69, 9.17) is 0 Å². The molecule has 0 saturated carbocycles. The third kappa shape index (κ3) is 1.21. The summed E-state index contributed by atoms with van der Waals surface area (Å²) in [5.41, 5.74) is 0. The summed E-state index contributed by atoms with van der Waals surface area (Å²) < 4.78 is 21.6. The Bertz CT molecular complexity index is 299. The van der Waals surface area contributed by atoms with Crippen LogP contribution in [0.15, 0.2) is 0 Å². The van der Waals surface area contributed by atoms with E-state index in [0.717, 1.165) is 0 Å². The van der Waals surface area contributed by atoms with Gasteiger partial charge < -0.3 is 4.90 Å². The summed E-state index contributed by atoms with van der Waals surface area (Å²) in [4.78, 5) is 12.7. The van der Waals surface area contributed by atoms with Gasteiger partial charge in [-0.15, -0.1) is 0 Å². The van der Waals surface area contributed by atoms with Gasteiger partial charge in [0.2, 0.25) is 5.91 Å². The van der Waals surface area contributed by atoms with E-state index in [1.54, 1.807) is 4.90 Å². The van der Waals surface area contributed by atoms with Crippen molar-refractivity contribution in [2.45, 2.75) is 6.04 Å². The van der Waals surface area contributed by atoms with Gasteiger partial charge in [0, 0.05) is 0 Å². The number of rotatable bonds is 1. The topological polar surface area (TPSA) is 66.5 Å². The van der Waals surface area contributed by atoms with E-state index in [0.29, 0.717) is 13.2 Å². The first-order valence-corrected chi connectivity index (χ1v) is 5.61. The van der Waals surface area contributed by atoms with E-state index in [2.05, 4.69) is 5.32 Å². The Hall–Kier alpha value is -0.620. The lowest BCUT2D eigenvalue weighted by Crippen LogP contribution is -2.54. The number of carbonyl (C=O) groups is 1. The first-order valence-electron chi connectivity index (χ1n) is 3.79. The van der Waals surface area contributed by atoms with Crippen LogP contribution < -0.4 is 5.32 Å². The number of nitrogens with zero attached hydrogens (tertiary/aromatic N) is 1. The third-order valence-electron chi connectivity index (χ3n) is 2.21. The minimum atomic E-state index is -2.81. The Morgan fingerprint density at radius 2 is 2.08 bits per heavy atom. The van der Waals surface area contributed by atoms with Gasteiger partial charge in [-0.05, 0) is 0 Å². The van der Waals surface area contributed by atoms with Crippen molar-refractivity contribution in [3.05, 3.63) is 0 Å². The quantitative estimate of drug-likeness (QED) is 0.528. The second-order valence-electron chi connectivity index (χ2n) is 3.18. The third-order valence-corrected chi connectivity index (χ3v) is 4.00. The van der Waals surface area contributed by atoms with Crippen molar-refractivity contribution in [3.8, 4) is 0 Å². The molecule has 0 aromatic carbocycles. The molecule has 2 fully saturated rings. The fraction of sp³-hybridized carbons (Fsp3) is 0.833. The van der Waals surface area contributed by atoms with Gasteiger partial charge in [0.25, 0.3) is 0 Å². The van der Waals surface area contributed by atoms with Gasteiger partial charge in [-0.25, -0.2) is 8.42 Å². The van der Waals surface area contributed by atoms with Crippen molar-refractivity contribution >= 4 is 15.7 Å². The Balaban J connectivity index is 2.00. The van der Waals surface area contributed by atoms with Gasteiger partial charge in [-0.1, -0.05) is 0 Å². The van der Waals surface area contributed by atoms with E-state index in [1.807, 2.05) is 0 Å². The van der Waals surface area contributed by atoms with Gasteiger partial charge in [-0.3, -0.25) is 10.1 Å². The van der Waals surface area contributed by atoms with Gasteiger partial charge in [0.05, 0.1) is 30.8 Å². The van der Waals surface area contributed by atoms with Crippen LogP contribution in [0, 0.1) is 0 Å². The highest BCUT2D eigenvalue weighted by molar-refractivity contribution is 7.92. The van der Waals surface area contributed by atoms with Crippen LogP contribution in [0.4, 0.5) is 0 Å². The number of sulfone groups is 1. The zero-order valence-electron chi connectivity index (χ0n) is 6.49. The van der Waals surface area contributed by atoms with E-state index >= 15 is 0 Å². The molecule has 2 aliphatic rings. The van der Waals surface area contributed by atoms with Crippen molar-refractivity contribution < 1.29 is 13.2 Å². The Labute approximate surface area is 70.6 Å². The smallest absolute Gasteiger partial charge is 0.237 e. The van der Waals surface area contributed by atoms with Gasteiger partial charge in [0.1, 0.15) is 0 Å². The largest absolute Gasteiger partial charge is 0.324 e.